The molecule has 0 saturated carbocycles. The zero-order chi connectivity index (χ0) is 15.6. The van der Waals surface area contributed by atoms with Gasteiger partial charge in [-0.1, -0.05) is 30.3 Å². The van der Waals surface area contributed by atoms with Gasteiger partial charge in [0.05, 0.1) is 23.6 Å². The standard InChI is InChI=1S/C19H18FN3/c20-15-10-8-14(9-11-15)17-13-22-23(16-5-2-1-3-6-16)19(17)18-7-4-12-21-18/h1-3,5-6,8-11,13,18,21H,4,7,12H2. The van der Waals surface area contributed by atoms with Crippen molar-refractivity contribution >= 4 is 0 Å². The molecular formula is C19H18FN3. The summed E-state index contributed by atoms with van der Waals surface area (Å²) in [6, 6.07) is 17.1. The number of para-hydroxylation sites is 1. The summed E-state index contributed by atoms with van der Waals surface area (Å²) in [5, 5.41) is 8.17. The molecule has 1 N–H and O–H groups in total. The first kappa shape index (κ1) is 14.2. The Morgan fingerprint density at radius 1 is 1.04 bits per heavy atom. The van der Waals surface area contributed by atoms with Gasteiger partial charge in [0, 0.05) is 5.56 Å². The van der Waals surface area contributed by atoms with Gasteiger partial charge >= 0.3 is 0 Å². The highest BCUT2D eigenvalue weighted by Gasteiger charge is 2.25. The normalized spacial score (nSPS) is 17.5. The molecule has 1 aliphatic heterocycles. The number of nitrogens with zero attached hydrogens (tertiary/aromatic N) is 2. The smallest absolute Gasteiger partial charge is 0.123 e. The molecule has 0 spiro atoms. The fourth-order valence-corrected chi connectivity index (χ4v) is 3.24. The van der Waals surface area contributed by atoms with Gasteiger partial charge in [-0.05, 0) is 49.2 Å². The lowest BCUT2D eigenvalue weighted by molar-refractivity contribution is 0.601. The first-order valence-corrected chi connectivity index (χ1v) is 7.95. The SMILES string of the molecule is Fc1ccc(-c2cnn(-c3ccccc3)c2C2CCCN2)cc1. The summed E-state index contributed by atoms with van der Waals surface area (Å²) >= 11 is 0. The highest BCUT2D eigenvalue weighted by Crippen LogP contribution is 2.34. The van der Waals surface area contributed by atoms with Crippen molar-refractivity contribution in [3.63, 3.8) is 0 Å². The number of hydrogen-bond acceptors (Lipinski definition) is 2. The van der Waals surface area contributed by atoms with Crippen LogP contribution in [0.15, 0.2) is 60.8 Å². The molecule has 2 heterocycles. The van der Waals surface area contributed by atoms with Crippen LogP contribution in [0.5, 0.6) is 0 Å². The van der Waals surface area contributed by atoms with Crippen molar-refractivity contribution in [1.82, 2.24) is 15.1 Å². The largest absolute Gasteiger partial charge is 0.309 e. The molecule has 1 saturated heterocycles. The van der Waals surface area contributed by atoms with E-state index in [4.69, 9.17) is 0 Å². The lowest BCUT2D eigenvalue weighted by Crippen LogP contribution is -2.17. The van der Waals surface area contributed by atoms with Crippen molar-refractivity contribution in [1.29, 1.82) is 0 Å². The number of halogens is 1. The van der Waals surface area contributed by atoms with Gasteiger partial charge in [0.1, 0.15) is 5.82 Å². The predicted octanol–water partition coefficient (Wildman–Crippen LogP) is 4.10. The lowest BCUT2D eigenvalue weighted by atomic mass is 10.0. The van der Waals surface area contributed by atoms with E-state index in [9.17, 15) is 4.39 Å². The molecule has 0 amide bonds. The van der Waals surface area contributed by atoms with Gasteiger partial charge in [-0.3, -0.25) is 0 Å². The van der Waals surface area contributed by atoms with Crippen LogP contribution in [0.25, 0.3) is 16.8 Å². The molecule has 1 unspecified atom stereocenters. The molecule has 1 aliphatic rings. The third kappa shape index (κ3) is 2.66. The molecule has 116 valence electrons. The van der Waals surface area contributed by atoms with Gasteiger partial charge in [0.15, 0.2) is 0 Å². The minimum absolute atomic E-state index is 0.218. The molecule has 1 aromatic heterocycles. The van der Waals surface area contributed by atoms with Crippen molar-refractivity contribution in [2.24, 2.45) is 0 Å². The Morgan fingerprint density at radius 3 is 2.52 bits per heavy atom. The first-order chi connectivity index (χ1) is 11.3. The Bertz CT molecular complexity index is 787. The molecule has 3 aromatic rings. The van der Waals surface area contributed by atoms with Crippen molar-refractivity contribution in [2.45, 2.75) is 18.9 Å². The molecule has 0 bridgehead atoms. The van der Waals surface area contributed by atoms with Crippen molar-refractivity contribution in [3.05, 3.63) is 72.3 Å². The highest BCUT2D eigenvalue weighted by atomic mass is 19.1. The Hall–Kier alpha value is -2.46. The maximum Gasteiger partial charge on any atom is 0.123 e. The summed E-state index contributed by atoms with van der Waals surface area (Å²) in [5.74, 6) is -0.218. The topological polar surface area (TPSA) is 29.9 Å². The van der Waals surface area contributed by atoms with Crippen LogP contribution in [0.3, 0.4) is 0 Å². The van der Waals surface area contributed by atoms with E-state index in [1.165, 1.54) is 12.1 Å². The summed E-state index contributed by atoms with van der Waals surface area (Å²) in [6.45, 7) is 1.02. The number of benzene rings is 2. The maximum absolute atomic E-state index is 13.2. The van der Waals surface area contributed by atoms with Crippen LogP contribution in [-0.4, -0.2) is 16.3 Å². The van der Waals surface area contributed by atoms with Gasteiger partial charge in [-0.2, -0.15) is 5.10 Å². The molecular weight excluding hydrogens is 289 g/mol. The highest BCUT2D eigenvalue weighted by molar-refractivity contribution is 5.67. The zero-order valence-corrected chi connectivity index (χ0v) is 12.7. The van der Waals surface area contributed by atoms with Crippen molar-refractivity contribution in [2.75, 3.05) is 6.54 Å². The zero-order valence-electron chi connectivity index (χ0n) is 12.7. The predicted molar refractivity (Wildman–Crippen MR) is 88.9 cm³/mol. The van der Waals surface area contributed by atoms with E-state index in [2.05, 4.69) is 22.5 Å². The van der Waals surface area contributed by atoms with Gasteiger partial charge in [-0.15, -0.1) is 0 Å². The molecule has 3 nitrogen and oxygen atoms in total. The third-order valence-corrected chi connectivity index (χ3v) is 4.35. The molecule has 2 aromatic carbocycles. The number of hydrogen-bond donors (Lipinski definition) is 1. The molecule has 0 radical (unpaired) electrons. The molecule has 0 aliphatic carbocycles. The Balaban J connectivity index is 1.86. The van der Waals surface area contributed by atoms with E-state index >= 15 is 0 Å². The van der Waals surface area contributed by atoms with Crippen molar-refractivity contribution < 1.29 is 4.39 Å². The van der Waals surface area contributed by atoms with Gasteiger partial charge < -0.3 is 5.32 Å². The Morgan fingerprint density at radius 2 is 1.83 bits per heavy atom. The van der Waals surface area contributed by atoms with Crippen LogP contribution in [0, 0.1) is 5.82 Å². The van der Waals surface area contributed by atoms with Crippen LogP contribution in [0.1, 0.15) is 24.6 Å². The molecule has 1 atom stereocenters. The fraction of sp³-hybridized carbons (Fsp3) is 0.211. The van der Waals surface area contributed by atoms with E-state index in [1.807, 2.05) is 41.2 Å². The van der Waals surface area contributed by atoms with Crippen LogP contribution in [-0.2, 0) is 0 Å². The number of aromatic nitrogens is 2. The molecule has 4 rings (SSSR count). The van der Waals surface area contributed by atoms with E-state index in [0.29, 0.717) is 0 Å². The van der Waals surface area contributed by atoms with Gasteiger partial charge in [0.2, 0.25) is 0 Å². The Kier molecular flexibility index (Phi) is 3.67. The monoisotopic (exact) mass is 307 g/mol. The molecule has 4 heteroatoms. The second-order valence-corrected chi connectivity index (χ2v) is 5.85. The summed E-state index contributed by atoms with van der Waals surface area (Å²) in [5.41, 5.74) is 4.26. The van der Waals surface area contributed by atoms with E-state index in [-0.39, 0.29) is 11.9 Å². The van der Waals surface area contributed by atoms with Crippen LogP contribution in [0.4, 0.5) is 4.39 Å². The van der Waals surface area contributed by atoms with Crippen LogP contribution >= 0.6 is 0 Å². The van der Waals surface area contributed by atoms with Crippen LogP contribution < -0.4 is 5.32 Å². The average molecular weight is 307 g/mol. The van der Waals surface area contributed by atoms with Gasteiger partial charge in [-0.25, -0.2) is 9.07 Å². The number of nitrogens with one attached hydrogen (secondary N) is 1. The van der Waals surface area contributed by atoms with Crippen molar-refractivity contribution in [3.8, 4) is 16.8 Å². The maximum atomic E-state index is 13.2. The lowest BCUT2D eigenvalue weighted by Gasteiger charge is -2.16. The van der Waals surface area contributed by atoms with Gasteiger partial charge in [0.25, 0.3) is 0 Å². The summed E-state index contributed by atoms with van der Waals surface area (Å²) in [6.07, 6.45) is 4.13. The first-order valence-electron chi connectivity index (χ1n) is 7.95. The second-order valence-electron chi connectivity index (χ2n) is 5.85. The van der Waals surface area contributed by atoms with E-state index in [1.54, 1.807) is 0 Å². The molecule has 1 fully saturated rings. The Labute approximate surface area is 134 Å². The summed E-state index contributed by atoms with van der Waals surface area (Å²) in [7, 11) is 0. The number of rotatable bonds is 3. The minimum Gasteiger partial charge on any atom is -0.309 e. The fourth-order valence-electron chi connectivity index (χ4n) is 3.24. The van der Waals surface area contributed by atoms with E-state index in [0.717, 1.165) is 41.9 Å². The quantitative estimate of drug-likeness (QED) is 0.789. The van der Waals surface area contributed by atoms with Crippen LogP contribution in [0.2, 0.25) is 0 Å². The summed E-state index contributed by atoms with van der Waals surface area (Å²) in [4.78, 5) is 0. The summed E-state index contributed by atoms with van der Waals surface area (Å²) < 4.78 is 15.2. The third-order valence-electron chi connectivity index (χ3n) is 4.35. The minimum atomic E-state index is -0.218. The van der Waals surface area contributed by atoms with E-state index < -0.39 is 0 Å². The average Bonchev–Trinajstić information content (AvgIpc) is 3.25. The second kappa shape index (κ2) is 5.97. The molecule has 23 heavy (non-hydrogen) atoms.